The zero-order chi connectivity index (χ0) is 45.8. The van der Waals surface area contributed by atoms with Crippen LogP contribution in [0.4, 0.5) is 17.1 Å². The molecule has 0 aromatic heterocycles. The van der Waals surface area contributed by atoms with Crippen molar-refractivity contribution in [2.24, 2.45) is 0 Å². The number of hydrogen-bond donors (Lipinski definition) is 0. The highest BCUT2D eigenvalue weighted by molar-refractivity contribution is 6.01. The van der Waals surface area contributed by atoms with Crippen LogP contribution in [0.2, 0.25) is 0 Å². The van der Waals surface area contributed by atoms with Crippen LogP contribution in [0.3, 0.4) is 0 Å². The van der Waals surface area contributed by atoms with Crippen molar-refractivity contribution in [2.45, 2.75) is 56.8 Å². The lowest BCUT2D eigenvalue weighted by atomic mass is 9.63. The van der Waals surface area contributed by atoms with E-state index in [0.29, 0.717) is 0 Å². The van der Waals surface area contributed by atoms with E-state index in [9.17, 15) is 0 Å². The van der Waals surface area contributed by atoms with E-state index < -0.39 is 5.41 Å². The Morgan fingerprint density at radius 1 is 0.294 bits per heavy atom. The molecule has 10 aromatic carbocycles. The van der Waals surface area contributed by atoms with E-state index in [0.717, 1.165) is 17.8 Å². The molecule has 0 heterocycles. The molecule has 0 radical (unpaired) electrons. The van der Waals surface area contributed by atoms with Crippen LogP contribution in [0.5, 0.6) is 0 Å². The maximum atomic E-state index is 2.59. The van der Waals surface area contributed by atoms with Gasteiger partial charge in [0.15, 0.2) is 0 Å². The minimum Gasteiger partial charge on any atom is -0.310 e. The third-order valence-electron chi connectivity index (χ3n) is 16.0. The van der Waals surface area contributed by atoms with Crippen LogP contribution in [-0.2, 0) is 16.2 Å². The lowest BCUT2D eigenvalue weighted by molar-refractivity contribution is 0.332. The number of anilines is 3. The van der Waals surface area contributed by atoms with Gasteiger partial charge in [0, 0.05) is 16.9 Å². The summed E-state index contributed by atoms with van der Waals surface area (Å²) in [6.45, 7) is 9.75. The normalized spacial score (nSPS) is 15.3. The highest BCUT2D eigenvalue weighted by Crippen LogP contribution is 2.64. The Bertz CT molecular complexity index is 3560. The minimum absolute atomic E-state index is 0.0544. The molecule has 0 saturated carbocycles. The SMILES string of the molecule is CC1(C)CCC(C)(C)c2cc(-c3cc4c(cc3N(c3ccc(-c5ccc(-c6ccccc6)cc5)cc3)c3ccc5ccccc5c3)C3(c5ccccc5-c5ccccc53)c3ccccc3-4)ccc21. The van der Waals surface area contributed by atoms with Gasteiger partial charge >= 0.3 is 0 Å². The second-order valence-corrected chi connectivity index (χ2v) is 20.7. The van der Waals surface area contributed by atoms with Crippen LogP contribution in [0.25, 0.3) is 66.4 Å². The lowest BCUT2D eigenvalue weighted by Gasteiger charge is -2.42. The van der Waals surface area contributed by atoms with Crippen molar-refractivity contribution in [3.63, 3.8) is 0 Å². The van der Waals surface area contributed by atoms with Crippen LogP contribution in [-0.4, -0.2) is 0 Å². The predicted molar refractivity (Wildman–Crippen MR) is 287 cm³/mol. The zero-order valence-corrected chi connectivity index (χ0v) is 39.2. The average molecular weight is 872 g/mol. The van der Waals surface area contributed by atoms with Gasteiger partial charge in [-0.1, -0.05) is 216 Å². The third-order valence-corrected chi connectivity index (χ3v) is 16.0. The number of nitrogens with zero attached hydrogens (tertiary/aromatic N) is 1. The largest absolute Gasteiger partial charge is 0.310 e. The first-order chi connectivity index (χ1) is 33.2. The van der Waals surface area contributed by atoms with Crippen LogP contribution in [0.1, 0.15) is 73.9 Å². The summed E-state index contributed by atoms with van der Waals surface area (Å²) in [7, 11) is 0. The summed E-state index contributed by atoms with van der Waals surface area (Å²) in [5.41, 5.74) is 24.0. The van der Waals surface area contributed by atoms with Crippen molar-refractivity contribution in [2.75, 3.05) is 4.90 Å². The average Bonchev–Trinajstić information content (AvgIpc) is 3.85. The molecule has 1 nitrogen and oxygen atoms in total. The van der Waals surface area contributed by atoms with Crippen LogP contribution >= 0.6 is 0 Å². The van der Waals surface area contributed by atoms with Crippen LogP contribution in [0, 0.1) is 0 Å². The first-order valence-corrected chi connectivity index (χ1v) is 24.4. The summed E-state index contributed by atoms with van der Waals surface area (Å²) in [5.74, 6) is 0. The van der Waals surface area contributed by atoms with Gasteiger partial charge in [0.25, 0.3) is 0 Å². The third kappa shape index (κ3) is 6.08. The highest BCUT2D eigenvalue weighted by Gasteiger charge is 2.52. The molecule has 0 bridgehead atoms. The quantitative estimate of drug-likeness (QED) is 0.161. The van der Waals surface area contributed by atoms with Gasteiger partial charge in [-0.05, 0) is 154 Å². The molecule has 13 rings (SSSR count). The summed E-state index contributed by atoms with van der Waals surface area (Å²) >= 11 is 0. The Morgan fingerprint density at radius 2 is 0.765 bits per heavy atom. The number of hydrogen-bond acceptors (Lipinski definition) is 1. The molecule has 1 heteroatoms. The smallest absolute Gasteiger partial charge is 0.0726 e. The number of rotatable bonds is 6. The molecule has 1 spiro atoms. The van der Waals surface area contributed by atoms with Gasteiger partial charge in [-0.25, -0.2) is 0 Å². The zero-order valence-electron chi connectivity index (χ0n) is 39.2. The van der Waals surface area contributed by atoms with Gasteiger partial charge < -0.3 is 4.90 Å². The lowest BCUT2D eigenvalue weighted by Crippen LogP contribution is -2.33. The molecule has 3 aliphatic rings. The highest BCUT2D eigenvalue weighted by atomic mass is 15.1. The molecule has 0 fully saturated rings. The summed E-state index contributed by atoms with van der Waals surface area (Å²) in [6.07, 6.45) is 2.34. The van der Waals surface area contributed by atoms with E-state index in [1.54, 1.807) is 0 Å². The van der Waals surface area contributed by atoms with Gasteiger partial charge in [0.1, 0.15) is 0 Å². The van der Waals surface area contributed by atoms with Gasteiger partial charge in [-0.2, -0.15) is 0 Å². The van der Waals surface area contributed by atoms with Crippen molar-refractivity contribution in [1.29, 1.82) is 0 Å². The van der Waals surface area contributed by atoms with Crippen molar-refractivity contribution in [1.82, 2.24) is 0 Å². The van der Waals surface area contributed by atoms with Gasteiger partial charge in [-0.3, -0.25) is 0 Å². The first-order valence-electron chi connectivity index (χ1n) is 24.4. The van der Waals surface area contributed by atoms with Gasteiger partial charge in [0.05, 0.1) is 11.1 Å². The molecule has 0 N–H and O–H groups in total. The van der Waals surface area contributed by atoms with E-state index in [-0.39, 0.29) is 10.8 Å². The summed E-state index contributed by atoms with van der Waals surface area (Å²) in [6, 6.07) is 84.7. The Kier molecular flexibility index (Phi) is 9.02. The number of fused-ring (bicyclic) bond motifs is 12. The molecule has 0 atom stereocenters. The molecule has 0 unspecified atom stereocenters. The monoisotopic (exact) mass is 871 g/mol. The minimum atomic E-state index is -0.487. The number of benzene rings is 10. The second-order valence-electron chi connectivity index (χ2n) is 20.7. The van der Waals surface area contributed by atoms with E-state index in [1.807, 2.05) is 0 Å². The molecule has 3 aliphatic carbocycles. The first kappa shape index (κ1) is 40.5. The Balaban J connectivity index is 1.08. The summed E-state index contributed by atoms with van der Waals surface area (Å²) < 4.78 is 0. The predicted octanol–water partition coefficient (Wildman–Crippen LogP) is 18.0. The van der Waals surface area contributed by atoms with Crippen molar-refractivity contribution in [3.05, 3.63) is 258 Å². The van der Waals surface area contributed by atoms with Crippen molar-refractivity contribution < 1.29 is 0 Å². The summed E-state index contributed by atoms with van der Waals surface area (Å²) in [5, 5.41) is 2.45. The molecule has 0 amide bonds. The molecular weight excluding hydrogens is 819 g/mol. The van der Waals surface area contributed by atoms with Gasteiger partial charge in [0.2, 0.25) is 0 Å². The molecule has 10 aromatic rings. The molecule has 68 heavy (non-hydrogen) atoms. The van der Waals surface area contributed by atoms with Crippen LogP contribution in [0.15, 0.2) is 224 Å². The molecule has 326 valence electrons. The van der Waals surface area contributed by atoms with Crippen molar-refractivity contribution in [3.8, 4) is 55.6 Å². The van der Waals surface area contributed by atoms with E-state index in [1.165, 1.54) is 112 Å². The Morgan fingerprint density at radius 3 is 1.38 bits per heavy atom. The van der Waals surface area contributed by atoms with Gasteiger partial charge in [-0.15, -0.1) is 0 Å². The fourth-order valence-electron chi connectivity index (χ4n) is 12.3. The molecule has 0 saturated heterocycles. The maximum absolute atomic E-state index is 2.59. The second kappa shape index (κ2) is 15.1. The van der Waals surface area contributed by atoms with E-state index >= 15 is 0 Å². The van der Waals surface area contributed by atoms with E-state index in [4.69, 9.17) is 0 Å². The Hall–Kier alpha value is -7.74. The van der Waals surface area contributed by atoms with Crippen LogP contribution < -0.4 is 4.90 Å². The fourth-order valence-corrected chi connectivity index (χ4v) is 12.3. The Labute approximate surface area is 401 Å². The standard InChI is InChI=1S/C67H53N/c1-65(2)38-39-66(3,4)63-41-50(33-37-61(63)65)56-42-57-55-22-12-15-25-60(55)67(58-23-13-10-20-53(58)54-21-11-14-24-59(54)67)62(57)43-64(56)68(52-36-32-45-18-8-9-19-49(45)40-52)51-34-30-48(31-35-51)47-28-26-46(27-29-47)44-16-6-5-7-17-44/h5-37,40-43H,38-39H2,1-4H3. The molecular formula is C67H53N. The van der Waals surface area contributed by atoms with E-state index in [2.05, 4.69) is 257 Å². The summed E-state index contributed by atoms with van der Waals surface area (Å²) in [4.78, 5) is 2.54. The molecule has 0 aliphatic heterocycles. The van der Waals surface area contributed by atoms with Crippen molar-refractivity contribution >= 4 is 27.8 Å². The maximum Gasteiger partial charge on any atom is 0.0726 e. The fraction of sp³-hybridized carbons (Fsp3) is 0.134. The topological polar surface area (TPSA) is 3.24 Å².